The third kappa shape index (κ3) is 2.56. The van der Waals surface area contributed by atoms with E-state index in [1.807, 2.05) is 24.0 Å². The number of pyridine rings is 1. The van der Waals surface area contributed by atoms with Crippen molar-refractivity contribution in [1.82, 2.24) is 9.55 Å². The summed E-state index contributed by atoms with van der Waals surface area (Å²) in [5.74, 6) is 0. The summed E-state index contributed by atoms with van der Waals surface area (Å²) in [5, 5.41) is 1.20. The first-order valence-corrected chi connectivity index (χ1v) is 6.51. The summed E-state index contributed by atoms with van der Waals surface area (Å²) >= 11 is 2.66. The normalized spacial score (nSPS) is 13.7. The minimum absolute atomic E-state index is 0.650. The number of aromatic nitrogens is 2. The van der Waals surface area contributed by atoms with Crippen molar-refractivity contribution in [2.75, 3.05) is 0 Å². The van der Waals surface area contributed by atoms with Gasteiger partial charge in [-0.05, 0) is 0 Å². The third-order valence-electron chi connectivity index (χ3n) is 2.52. The molecule has 0 fully saturated rings. The average molecular weight is 274 g/mol. The Hall–Kier alpha value is -1.01. The average Bonchev–Trinajstić information content (AvgIpc) is 2.60. The molecule has 0 spiro atoms. The van der Waals surface area contributed by atoms with E-state index in [0.29, 0.717) is 4.71 Å². The van der Waals surface area contributed by atoms with E-state index >= 15 is 0 Å². The van der Waals surface area contributed by atoms with Gasteiger partial charge in [-0.25, -0.2) is 0 Å². The van der Waals surface area contributed by atoms with Crippen molar-refractivity contribution in [3.63, 3.8) is 0 Å². The van der Waals surface area contributed by atoms with Crippen LogP contribution in [0, 0.1) is 0 Å². The van der Waals surface area contributed by atoms with Gasteiger partial charge in [-0.1, -0.05) is 0 Å². The summed E-state index contributed by atoms with van der Waals surface area (Å²) < 4.78 is 2.69. The molecule has 0 aliphatic carbocycles. The molecular formula is C13H15AsN2. The Morgan fingerprint density at radius 3 is 3.12 bits per heavy atom. The molecule has 0 aliphatic heterocycles. The number of hydrogen-bond donors (Lipinski definition) is 0. The van der Waals surface area contributed by atoms with E-state index in [-0.39, 0.29) is 0 Å². The van der Waals surface area contributed by atoms with Crippen LogP contribution in [0.2, 0.25) is 4.71 Å². The van der Waals surface area contributed by atoms with Gasteiger partial charge in [0.05, 0.1) is 0 Å². The fourth-order valence-corrected chi connectivity index (χ4v) is 1.92. The van der Waals surface area contributed by atoms with Crippen molar-refractivity contribution in [1.29, 1.82) is 0 Å². The summed E-state index contributed by atoms with van der Waals surface area (Å²) in [4.78, 5) is 4.45. The number of aryl methyl sites for hydroxylation is 1. The molecule has 0 aliphatic rings. The quantitative estimate of drug-likeness (QED) is 0.787. The molecule has 0 aromatic carbocycles. The van der Waals surface area contributed by atoms with Crippen molar-refractivity contribution >= 4 is 34.0 Å². The first-order chi connectivity index (χ1) is 7.66. The summed E-state index contributed by atoms with van der Waals surface area (Å²) in [6.07, 6.45) is 9.40. The number of rotatable bonds is 3. The fraction of sp³-hybridized carbons (Fsp3) is 0.308. The van der Waals surface area contributed by atoms with Gasteiger partial charge in [0.25, 0.3) is 0 Å². The van der Waals surface area contributed by atoms with E-state index < -0.39 is 0 Å². The molecule has 0 N–H and O–H groups in total. The van der Waals surface area contributed by atoms with Crippen LogP contribution >= 0.6 is 0 Å². The Labute approximate surface area is 105 Å². The van der Waals surface area contributed by atoms with Crippen LogP contribution in [0.3, 0.4) is 0 Å². The molecule has 1 atom stereocenters. The minimum atomic E-state index is 0.650. The van der Waals surface area contributed by atoms with Crippen LogP contribution in [-0.4, -0.2) is 26.4 Å². The van der Waals surface area contributed by atoms with Crippen molar-refractivity contribution in [2.45, 2.75) is 18.1 Å². The molecule has 0 saturated heterocycles. The Kier molecular flexibility index (Phi) is 3.50. The van der Waals surface area contributed by atoms with Crippen molar-refractivity contribution < 1.29 is 0 Å². The maximum atomic E-state index is 4.45. The molecule has 2 heterocycles. The van der Waals surface area contributed by atoms with Gasteiger partial charge in [-0.3, -0.25) is 0 Å². The van der Waals surface area contributed by atoms with E-state index in [2.05, 4.69) is 53.0 Å². The van der Waals surface area contributed by atoms with Gasteiger partial charge < -0.3 is 0 Å². The van der Waals surface area contributed by atoms with Crippen molar-refractivity contribution in [2.24, 2.45) is 7.05 Å². The predicted molar refractivity (Wildman–Crippen MR) is 69.5 cm³/mol. The monoisotopic (exact) mass is 274 g/mol. The molecule has 1 unspecified atom stereocenters. The first kappa shape index (κ1) is 11.5. The topological polar surface area (TPSA) is 17.8 Å². The number of allylic oxidation sites excluding steroid dienone is 1. The Bertz CT molecular complexity index is 512. The number of nitrogens with zero attached hydrogens (tertiary/aromatic N) is 2. The molecule has 2 rings (SSSR count). The van der Waals surface area contributed by atoms with Crippen LogP contribution in [0.1, 0.15) is 18.9 Å². The van der Waals surface area contributed by atoms with Crippen LogP contribution in [0.4, 0.5) is 0 Å². The van der Waals surface area contributed by atoms with Gasteiger partial charge in [0.2, 0.25) is 0 Å². The summed E-state index contributed by atoms with van der Waals surface area (Å²) in [7, 11) is 2.02. The molecule has 2 nitrogen and oxygen atoms in total. The number of hydrogen-bond acceptors (Lipinski definition) is 1. The van der Waals surface area contributed by atoms with E-state index in [9.17, 15) is 0 Å². The van der Waals surface area contributed by atoms with E-state index in [0.717, 1.165) is 12.1 Å². The molecule has 16 heavy (non-hydrogen) atoms. The van der Waals surface area contributed by atoms with Crippen LogP contribution in [0.5, 0.6) is 0 Å². The molecule has 0 bridgehead atoms. The van der Waals surface area contributed by atoms with Gasteiger partial charge in [-0.15, -0.1) is 0 Å². The standard InChI is InChI=1S/C13H15AsN2/c1-10(14)4-3-5-11-8-12-6-7-16(2)13(12)15-9-11/h3,5-10H,4H2,1-2H3/b5-3+. The number of fused-ring (bicyclic) bond motifs is 1. The van der Waals surface area contributed by atoms with Crippen molar-refractivity contribution in [3.8, 4) is 0 Å². The van der Waals surface area contributed by atoms with Crippen LogP contribution in [0.15, 0.2) is 30.6 Å². The zero-order valence-corrected chi connectivity index (χ0v) is 11.5. The van der Waals surface area contributed by atoms with Gasteiger partial charge in [-0.2, -0.15) is 0 Å². The second-order valence-corrected chi connectivity index (χ2v) is 5.94. The summed E-state index contributed by atoms with van der Waals surface area (Å²) in [6.45, 7) is 2.20. The Morgan fingerprint density at radius 1 is 1.56 bits per heavy atom. The Morgan fingerprint density at radius 2 is 2.38 bits per heavy atom. The molecule has 2 aromatic rings. The molecule has 2 aromatic heterocycles. The van der Waals surface area contributed by atoms with Gasteiger partial charge in [0.15, 0.2) is 0 Å². The summed E-state index contributed by atoms with van der Waals surface area (Å²) in [5.41, 5.74) is 2.21. The molecular weight excluding hydrogens is 259 g/mol. The summed E-state index contributed by atoms with van der Waals surface area (Å²) in [6, 6.07) is 4.27. The molecule has 2 radical (unpaired) electrons. The van der Waals surface area contributed by atoms with E-state index in [1.54, 1.807) is 0 Å². The third-order valence-corrected chi connectivity index (χ3v) is 2.96. The predicted octanol–water partition coefficient (Wildman–Crippen LogP) is 2.95. The second kappa shape index (κ2) is 4.88. The van der Waals surface area contributed by atoms with Crippen LogP contribution < -0.4 is 0 Å². The zero-order chi connectivity index (χ0) is 11.5. The SMILES string of the molecule is CC([As])C/C=C/c1cnc2c(ccn2C)c1. The van der Waals surface area contributed by atoms with Gasteiger partial charge in [0, 0.05) is 0 Å². The zero-order valence-electron chi connectivity index (χ0n) is 9.59. The fourth-order valence-electron chi connectivity index (χ4n) is 1.66. The van der Waals surface area contributed by atoms with E-state index in [4.69, 9.17) is 0 Å². The van der Waals surface area contributed by atoms with Crippen LogP contribution in [-0.2, 0) is 7.05 Å². The van der Waals surface area contributed by atoms with Crippen LogP contribution in [0.25, 0.3) is 17.1 Å². The van der Waals surface area contributed by atoms with E-state index in [1.165, 1.54) is 10.9 Å². The molecule has 82 valence electrons. The van der Waals surface area contributed by atoms with Gasteiger partial charge in [0.1, 0.15) is 0 Å². The van der Waals surface area contributed by atoms with Crippen molar-refractivity contribution in [3.05, 3.63) is 36.2 Å². The maximum absolute atomic E-state index is 4.45. The molecule has 0 amide bonds. The molecule has 0 saturated carbocycles. The van der Waals surface area contributed by atoms with Gasteiger partial charge >= 0.3 is 105 Å². The molecule has 3 heteroatoms. The second-order valence-electron chi connectivity index (χ2n) is 4.10. The first-order valence-electron chi connectivity index (χ1n) is 5.42. The Balaban J connectivity index is 2.23.